The van der Waals surface area contributed by atoms with Gasteiger partial charge in [-0.3, -0.25) is 10.2 Å². The van der Waals surface area contributed by atoms with E-state index in [1.807, 2.05) is 0 Å². The summed E-state index contributed by atoms with van der Waals surface area (Å²) in [7, 11) is -5.76. The van der Waals surface area contributed by atoms with E-state index in [1.165, 1.54) is 13.0 Å². The number of sulfone groups is 1. The van der Waals surface area contributed by atoms with Gasteiger partial charge in [0.05, 0.1) is 16.5 Å². The number of hydrazine groups is 1. The van der Waals surface area contributed by atoms with E-state index >= 15 is 0 Å². The number of nitrogens with one attached hydrogen (secondary N) is 1. The normalized spacial score (nSPS) is 11.9. The number of ether oxygens (including phenoxy) is 1. The molecule has 0 aliphatic rings. The van der Waals surface area contributed by atoms with Crippen LogP contribution in [0.2, 0.25) is 0 Å². The highest BCUT2D eigenvalue weighted by molar-refractivity contribution is 7.92. The number of rotatable bonds is 5. The Kier molecular flexibility index (Phi) is 6.49. The van der Waals surface area contributed by atoms with E-state index in [2.05, 4.69) is 0 Å². The summed E-state index contributed by atoms with van der Waals surface area (Å²) >= 11 is 0. The number of benzene rings is 2. The first-order chi connectivity index (χ1) is 13.9. The Hall–Kier alpha value is -3.43. The minimum absolute atomic E-state index is 0.0707. The molecule has 0 radical (unpaired) electrons. The summed E-state index contributed by atoms with van der Waals surface area (Å²) in [5, 5.41) is 8.90. The summed E-state index contributed by atoms with van der Waals surface area (Å²) in [5.74, 6) is 2.94. The maximum absolute atomic E-state index is 13.6. The van der Waals surface area contributed by atoms with Crippen molar-refractivity contribution in [2.75, 3.05) is 0 Å². The molecule has 0 saturated carbocycles. The fraction of sp³-hybridized carbons (Fsp3) is 0.111. The first kappa shape index (κ1) is 22.9. The minimum atomic E-state index is -5.76. The lowest BCUT2D eigenvalue weighted by Gasteiger charge is -2.16. The van der Waals surface area contributed by atoms with Crippen LogP contribution in [-0.2, 0) is 14.6 Å². The molecule has 0 unspecified atom stereocenters. The number of nitrogens with zero attached hydrogens (tertiary/aromatic N) is 1. The van der Waals surface area contributed by atoms with Crippen LogP contribution in [0.15, 0.2) is 41.3 Å². The predicted molar refractivity (Wildman–Crippen MR) is 97.0 cm³/mol. The lowest BCUT2D eigenvalue weighted by Crippen LogP contribution is -2.28. The number of amides is 1. The Morgan fingerprint density at radius 1 is 1.27 bits per heavy atom. The summed E-state index contributed by atoms with van der Waals surface area (Å²) in [6.45, 7) is 1.25. The molecule has 0 bridgehead atoms. The van der Waals surface area contributed by atoms with Crippen LogP contribution in [0, 0.1) is 24.1 Å². The van der Waals surface area contributed by atoms with Crippen LogP contribution in [0.25, 0.3) is 6.08 Å². The first-order valence-electron chi connectivity index (χ1n) is 7.93. The molecule has 2 rings (SSSR count). The SMILES string of the molecule is Cc1c(Oc2cc(F)cc(C#N)c2)ccc(S(=O)(=O)C(F)(F)F)c1/C=C/C(=O)NN. The topological polar surface area (TPSA) is 122 Å². The van der Waals surface area contributed by atoms with Gasteiger partial charge in [-0.1, -0.05) is 0 Å². The summed E-state index contributed by atoms with van der Waals surface area (Å²) in [6, 6.07) is 6.36. The number of nitriles is 1. The third kappa shape index (κ3) is 4.76. The standard InChI is InChI=1S/C18H13F4N3O4S/c1-10-14(2-5-17(26)25-24)16(30(27,28)18(20,21)22)4-3-15(10)29-13-7-11(9-23)6-12(19)8-13/h2-8H,24H2,1H3,(H,25,26)/b5-2+. The molecule has 158 valence electrons. The van der Waals surface area contributed by atoms with E-state index in [-0.39, 0.29) is 22.6 Å². The number of carbonyl (C=O) groups is 1. The molecule has 1 amide bonds. The molecule has 30 heavy (non-hydrogen) atoms. The Morgan fingerprint density at radius 2 is 1.93 bits per heavy atom. The van der Waals surface area contributed by atoms with E-state index in [4.69, 9.17) is 15.8 Å². The van der Waals surface area contributed by atoms with Gasteiger partial charge in [0.25, 0.3) is 15.7 Å². The van der Waals surface area contributed by atoms with Crippen molar-refractivity contribution in [1.29, 1.82) is 5.26 Å². The number of alkyl halides is 3. The van der Waals surface area contributed by atoms with Crippen LogP contribution in [-0.4, -0.2) is 19.8 Å². The smallest absolute Gasteiger partial charge is 0.457 e. The fourth-order valence-corrected chi connectivity index (χ4v) is 3.39. The molecule has 12 heteroatoms. The van der Waals surface area contributed by atoms with E-state index in [0.29, 0.717) is 6.07 Å². The summed E-state index contributed by atoms with van der Waals surface area (Å²) in [4.78, 5) is 10.2. The van der Waals surface area contributed by atoms with Gasteiger partial charge in [0.15, 0.2) is 0 Å². The molecule has 0 atom stereocenters. The molecule has 0 fully saturated rings. The lowest BCUT2D eigenvalue weighted by molar-refractivity contribution is -0.116. The van der Waals surface area contributed by atoms with E-state index in [1.54, 1.807) is 11.5 Å². The summed E-state index contributed by atoms with van der Waals surface area (Å²) < 4.78 is 82.1. The van der Waals surface area contributed by atoms with Gasteiger partial charge in [-0.15, -0.1) is 0 Å². The Balaban J connectivity index is 2.66. The van der Waals surface area contributed by atoms with Crippen molar-refractivity contribution in [2.45, 2.75) is 17.3 Å². The second-order valence-electron chi connectivity index (χ2n) is 5.78. The highest BCUT2D eigenvalue weighted by Gasteiger charge is 2.48. The third-order valence-corrected chi connectivity index (χ3v) is 5.34. The Labute approximate surface area is 168 Å². The summed E-state index contributed by atoms with van der Waals surface area (Å²) in [6.07, 6.45) is 1.56. The quantitative estimate of drug-likeness (QED) is 0.241. The van der Waals surface area contributed by atoms with E-state index in [0.717, 1.165) is 30.4 Å². The Morgan fingerprint density at radius 3 is 2.50 bits per heavy atom. The predicted octanol–water partition coefficient (Wildman–Crippen LogP) is 3.09. The zero-order chi connectivity index (χ0) is 22.7. The highest BCUT2D eigenvalue weighted by atomic mass is 32.2. The van der Waals surface area contributed by atoms with Gasteiger partial charge in [-0.25, -0.2) is 18.7 Å². The van der Waals surface area contributed by atoms with Gasteiger partial charge in [0.1, 0.15) is 17.3 Å². The summed E-state index contributed by atoms with van der Waals surface area (Å²) in [5.41, 5.74) is -4.52. The van der Waals surface area contributed by atoms with E-state index < -0.39 is 37.5 Å². The van der Waals surface area contributed by atoms with Gasteiger partial charge < -0.3 is 4.74 Å². The molecule has 0 heterocycles. The fourth-order valence-electron chi connectivity index (χ4n) is 2.38. The lowest BCUT2D eigenvalue weighted by atomic mass is 10.1. The number of halogens is 4. The molecule has 0 spiro atoms. The van der Waals surface area contributed by atoms with Crippen molar-refractivity contribution < 1.29 is 35.5 Å². The zero-order valence-corrected chi connectivity index (χ0v) is 15.9. The molecular formula is C18H13F4N3O4S. The molecule has 0 aromatic heterocycles. The molecule has 7 nitrogen and oxygen atoms in total. The molecule has 3 N–H and O–H groups in total. The van der Waals surface area contributed by atoms with Crippen LogP contribution in [0.1, 0.15) is 16.7 Å². The largest absolute Gasteiger partial charge is 0.501 e. The minimum Gasteiger partial charge on any atom is -0.457 e. The van der Waals surface area contributed by atoms with Gasteiger partial charge in [-0.05, 0) is 37.3 Å². The van der Waals surface area contributed by atoms with Gasteiger partial charge in [-0.2, -0.15) is 18.4 Å². The maximum Gasteiger partial charge on any atom is 0.501 e. The van der Waals surface area contributed by atoms with Gasteiger partial charge >= 0.3 is 5.51 Å². The van der Waals surface area contributed by atoms with Crippen LogP contribution in [0.3, 0.4) is 0 Å². The van der Waals surface area contributed by atoms with Crippen LogP contribution in [0.5, 0.6) is 11.5 Å². The highest BCUT2D eigenvalue weighted by Crippen LogP contribution is 2.38. The number of carbonyl (C=O) groups excluding carboxylic acids is 1. The second-order valence-corrected chi connectivity index (χ2v) is 7.69. The zero-order valence-electron chi connectivity index (χ0n) is 15.1. The van der Waals surface area contributed by atoms with Crippen molar-refractivity contribution in [1.82, 2.24) is 5.43 Å². The van der Waals surface area contributed by atoms with Crippen LogP contribution >= 0.6 is 0 Å². The Bertz CT molecular complexity index is 1170. The second kappa shape index (κ2) is 8.52. The van der Waals surface area contributed by atoms with Crippen molar-refractivity contribution in [3.63, 3.8) is 0 Å². The maximum atomic E-state index is 13.6. The van der Waals surface area contributed by atoms with Gasteiger partial charge in [0, 0.05) is 23.3 Å². The van der Waals surface area contributed by atoms with Crippen molar-refractivity contribution in [3.05, 3.63) is 58.9 Å². The number of hydrogen-bond donors (Lipinski definition) is 2. The molecule has 2 aromatic rings. The van der Waals surface area contributed by atoms with Crippen molar-refractivity contribution in [2.24, 2.45) is 5.84 Å². The number of hydrogen-bond acceptors (Lipinski definition) is 6. The third-order valence-electron chi connectivity index (χ3n) is 3.79. The van der Waals surface area contributed by atoms with Crippen LogP contribution < -0.4 is 16.0 Å². The average molecular weight is 443 g/mol. The van der Waals surface area contributed by atoms with Crippen LogP contribution in [0.4, 0.5) is 17.6 Å². The molecule has 2 aromatic carbocycles. The molecular weight excluding hydrogens is 430 g/mol. The monoisotopic (exact) mass is 443 g/mol. The molecule has 0 saturated heterocycles. The van der Waals surface area contributed by atoms with Crippen molar-refractivity contribution >= 4 is 21.8 Å². The molecule has 0 aliphatic carbocycles. The number of nitrogens with two attached hydrogens (primary N) is 1. The van der Waals surface area contributed by atoms with Crippen molar-refractivity contribution in [3.8, 4) is 17.6 Å². The van der Waals surface area contributed by atoms with E-state index in [9.17, 15) is 30.8 Å². The first-order valence-corrected chi connectivity index (χ1v) is 9.41. The average Bonchev–Trinajstić information content (AvgIpc) is 2.66. The molecule has 0 aliphatic heterocycles. The van der Waals surface area contributed by atoms with Gasteiger partial charge in [0.2, 0.25) is 0 Å².